The second kappa shape index (κ2) is 6.70. The summed E-state index contributed by atoms with van der Waals surface area (Å²) in [4.78, 5) is 17.2. The SMILES string of the molecule is CCOC(=O)C1=C(N)Oc2c(ccc3cccnc23)C1c1ccc2c(c1)OCO2. The first-order valence-electron chi connectivity index (χ1n) is 9.29. The van der Waals surface area contributed by atoms with Gasteiger partial charge in [-0.2, -0.15) is 0 Å². The summed E-state index contributed by atoms with van der Waals surface area (Å²) in [5.74, 6) is 0.832. The van der Waals surface area contributed by atoms with Crippen LogP contribution in [0.4, 0.5) is 0 Å². The van der Waals surface area contributed by atoms with Crippen LogP contribution in [0.5, 0.6) is 17.2 Å². The Morgan fingerprint density at radius 2 is 2.07 bits per heavy atom. The minimum atomic E-state index is -0.514. The molecule has 2 aliphatic heterocycles. The lowest BCUT2D eigenvalue weighted by molar-refractivity contribution is -0.139. The van der Waals surface area contributed by atoms with Gasteiger partial charge in [-0.1, -0.05) is 24.3 Å². The molecule has 0 saturated carbocycles. The van der Waals surface area contributed by atoms with Crippen LogP contribution in [0.25, 0.3) is 10.9 Å². The lowest BCUT2D eigenvalue weighted by Crippen LogP contribution is -2.27. The van der Waals surface area contributed by atoms with Gasteiger partial charge in [0.05, 0.1) is 12.5 Å². The molecule has 3 aromatic rings. The Bertz CT molecular complexity index is 1170. The highest BCUT2D eigenvalue weighted by atomic mass is 16.7. The third-order valence-electron chi connectivity index (χ3n) is 5.06. The van der Waals surface area contributed by atoms with Crippen molar-refractivity contribution in [2.24, 2.45) is 5.73 Å². The number of benzene rings is 2. The van der Waals surface area contributed by atoms with E-state index in [1.807, 2.05) is 42.5 Å². The number of esters is 1. The predicted molar refractivity (Wildman–Crippen MR) is 105 cm³/mol. The summed E-state index contributed by atoms with van der Waals surface area (Å²) in [6.07, 6.45) is 1.70. The first-order valence-corrected chi connectivity index (χ1v) is 9.29. The Hall–Kier alpha value is -3.74. The molecule has 0 amide bonds. The number of carbonyl (C=O) groups excluding carboxylic acids is 1. The van der Waals surface area contributed by atoms with Crippen LogP contribution in [0.1, 0.15) is 24.0 Å². The summed E-state index contributed by atoms with van der Waals surface area (Å²) in [5, 5.41) is 0.920. The van der Waals surface area contributed by atoms with Gasteiger partial charge in [0.25, 0.3) is 0 Å². The molecule has 0 aliphatic carbocycles. The van der Waals surface area contributed by atoms with E-state index in [2.05, 4.69) is 4.98 Å². The van der Waals surface area contributed by atoms with E-state index >= 15 is 0 Å². The molecule has 2 N–H and O–H groups in total. The van der Waals surface area contributed by atoms with E-state index in [0.717, 1.165) is 16.5 Å². The fourth-order valence-corrected chi connectivity index (χ4v) is 3.80. The van der Waals surface area contributed by atoms with Crippen LogP contribution in [0, 0.1) is 0 Å². The topological polar surface area (TPSA) is 92.9 Å². The Morgan fingerprint density at radius 3 is 2.93 bits per heavy atom. The van der Waals surface area contributed by atoms with Gasteiger partial charge in [-0.05, 0) is 30.7 Å². The molecule has 1 aromatic heterocycles. The van der Waals surface area contributed by atoms with Gasteiger partial charge >= 0.3 is 5.97 Å². The zero-order valence-electron chi connectivity index (χ0n) is 15.7. The van der Waals surface area contributed by atoms with E-state index in [1.54, 1.807) is 13.1 Å². The van der Waals surface area contributed by atoms with Crippen LogP contribution in [0.15, 0.2) is 60.1 Å². The zero-order chi connectivity index (χ0) is 20.0. The molecule has 3 heterocycles. The summed E-state index contributed by atoms with van der Waals surface area (Å²) >= 11 is 0. The highest BCUT2D eigenvalue weighted by Gasteiger charge is 2.37. The molecule has 1 unspecified atom stereocenters. The fourth-order valence-electron chi connectivity index (χ4n) is 3.80. The van der Waals surface area contributed by atoms with Crippen molar-refractivity contribution in [3.05, 3.63) is 71.2 Å². The fraction of sp³-hybridized carbons (Fsp3) is 0.182. The number of nitrogens with two attached hydrogens (primary N) is 1. The molecular formula is C22H18N2O5. The Kier molecular flexibility index (Phi) is 4.01. The van der Waals surface area contributed by atoms with Crippen LogP contribution >= 0.6 is 0 Å². The quantitative estimate of drug-likeness (QED) is 0.687. The summed E-state index contributed by atoms with van der Waals surface area (Å²) in [7, 11) is 0. The molecule has 2 aromatic carbocycles. The molecule has 146 valence electrons. The summed E-state index contributed by atoms with van der Waals surface area (Å²) in [5.41, 5.74) is 8.77. The smallest absolute Gasteiger partial charge is 0.340 e. The van der Waals surface area contributed by atoms with Crippen molar-refractivity contribution < 1.29 is 23.7 Å². The average Bonchev–Trinajstić information content (AvgIpc) is 3.20. The third kappa shape index (κ3) is 2.74. The zero-order valence-corrected chi connectivity index (χ0v) is 15.7. The number of carbonyl (C=O) groups is 1. The monoisotopic (exact) mass is 390 g/mol. The van der Waals surface area contributed by atoms with Gasteiger partial charge in [0.15, 0.2) is 17.2 Å². The van der Waals surface area contributed by atoms with Gasteiger partial charge in [-0.25, -0.2) is 4.79 Å². The van der Waals surface area contributed by atoms with Crippen LogP contribution in [-0.2, 0) is 9.53 Å². The molecular weight excluding hydrogens is 372 g/mol. The molecule has 7 nitrogen and oxygen atoms in total. The molecule has 0 bridgehead atoms. The molecule has 7 heteroatoms. The molecule has 0 fully saturated rings. The van der Waals surface area contributed by atoms with Gasteiger partial charge in [0, 0.05) is 17.1 Å². The van der Waals surface area contributed by atoms with Crippen molar-refractivity contribution in [2.45, 2.75) is 12.8 Å². The predicted octanol–water partition coefficient (Wildman–Crippen LogP) is 3.22. The maximum atomic E-state index is 12.8. The highest BCUT2D eigenvalue weighted by Crippen LogP contribution is 2.47. The maximum Gasteiger partial charge on any atom is 0.340 e. The first kappa shape index (κ1) is 17.4. The third-order valence-corrected chi connectivity index (χ3v) is 5.06. The van der Waals surface area contributed by atoms with Crippen LogP contribution < -0.4 is 19.9 Å². The van der Waals surface area contributed by atoms with Crippen molar-refractivity contribution in [3.63, 3.8) is 0 Å². The lowest BCUT2D eigenvalue weighted by atomic mass is 9.82. The van der Waals surface area contributed by atoms with Crippen LogP contribution in [0.3, 0.4) is 0 Å². The molecule has 5 rings (SSSR count). The number of nitrogens with zero attached hydrogens (tertiary/aromatic N) is 1. The van der Waals surface area contributed by atoms with Gasteiger partial charge in [-0.15, -0.1) is 0 Å². The van der Waals surface area contributed by atoms with Gasteiger partial charge in [-0.3, -0.25) is 4.98 Å². The van der Waals surface area contributed by atoms with Crippen LogP contribution in [-0.4, -0.2) is 24.4 Å². The van der Waals surface area contributed by atoms with E-state index in [-0.39, 0.29) is 24.9 Å². The van der Waals surface area contributed by atoms with Gasteiger partial charge in [0.2, 0.25) is 12.7 Å². The van der Waals surface area contributed by atoms with Gasteiger partial charge in [0.1, 0.15) is 11.1 Å². The second-order valence-electron chi connectivity index (χ2n) is 6.71. The number of fused-ring (bicyclic) bond motifs is 4. The number of aromatic nitrogens is 1. The van der Waals surface area contributed by atoms with Crippen LogP contribution in [0.2, 0.25) is 0 Å². The van der Waals surface area contributed by atoms with Crippen molar-refractivity contribution in [1.82, 2.24) is 4.98 Å². The first-order chi connectivity index (χ1) is 14.2. The number of pyridine rings is 1. The average molecular weight is 390 g/mol. The number of ether oxygens (including phenoxy) is 4. The van der Waals surface area contributed by atoms with E-state index in [0.29, 0.717) is 22.8 Å². The summed E-state index contributed by atoms with van der Waals surface area (Å²) < 4.78 is 22.1. The Labute approximate surface area is 166 Å². The minimum Gasteiger partial charge on any atom is -0.462 e. The molecule has 2 aliphatic rings. The normalized spacial score (nSPS) is 17.1. The van der Waals surface area contributed by atoms with E-state index in [9.17, 15) is 4.79 Å². The molecule has 29 heavy (non-hydrogen) atoms. The van der Waals surface area contributed by atoms with Gasteiger partial charge < -0.3 is 24.7 Å². The highest BCUT2D eigenvalue weighted by molar-refractivity contribution is 5.95. The molecule has 0 radical (unpaired) electrons. The van der Waals surface area contributed by atoms with Crippen molar-refractivity contribution in [3.8, 4) is 17.2 Å². The standard InChI is InChI=1S/C22H18N2O5/c1-2-26-22(25)18-17(13-6-8-15-16(10-13)28-11-27-15)14-7-5-12-4-3-9-24-19(12)20(14)29-21(18)23/h3-10,17H,2,11,23H2,1H3. The molecule has 0 saturated heterocycles. The van der Waals surface area contributed by atoms with Crippen molar-refractivity contribution in [1.29, 1.82) is 0 Å². The lowest BCUT2D eigenvalue weighted by Gasteiger charge is -2.29. The molecule has 0 spiro atoms. The van der Waals surface area contributed by atoms with Crippen molar-refractivity contribution in [2.75, 3.05) is 13.4 Å². The number of hydrogen-bond donors (Lipinski definition) is 1. The summed E-state index contributed by atoms with van der Waals surface area (Å²) in [6, 6.07) is 13.3. The number of hydrogen-bond acceptors (Lipinski definition) is 7. The Morgan fingerprint density at radius 1 is 1.21 bits per heavy atom. The van der Waals surface area contributed by atoms with E-state index < -0.39 is 11.9 Å². The largest absolute Gasteiger partial charge is 0.462 e. The Balaban J connectivity index is 1.74. The minimum absolute atomic E-state index is 0.0109. The maximum absolute atomic E-state index is 12.8. The van der Waals surface area contributed by atoms with E-state index in [4.69, 9.17) is 24.7 Å². The van der Waals surface area contributed by atoms with Crippen molar-refractivity contribution >= 4 is 16.9 Å². The molecule has 1 atom stereocenters. The van der Waals surface area contributed by atoms with E-state index in [1.165, 1.54) is 0 Å². The summed E-state index contributed by atoms with van der Waals surface area (Å²) in [6.45, 7) is 2.15. The number of rotatable bonds is 3. The second-order valence-corrected chi connectivity index (χ2v) is 6.71.